The monoisotopic (exact) mass is 259 g/mol. The summed E-state index contributed by atoms with van der Waals surface area (Å²) in [5.74, 6) is 0. The Kier molecular flexibility index (Phi) is 4.22. The molecular formula is C15H21N3O. The van der Waals surface area contributed by atoms with Crippen LogP contribution in [0.5, 0.6) is 0 Å². The Balaban J connectivity index is 2.11. The van der Waals surface area contributed by atoms with E-state index < -0.39 is 0 Å². The third-order valence-electron chi connectivity index (χ3n) is 3.13. The second-order valence-electron chi connectivity index (χ2n) is 5.02. The van der Waals surface area contributed by atoms with Gasteiger partial charge in [-0.3, -0.25) is 5.43 Å². The van der Waals surface area contributed by atoms with Crippen molar-refractivity contribution in [3.63, 3.8) is 0 Å². The molecule has 0 radical (unpaired) electrons. The first-order valence-electron chi connectivity index (χ1n) is 6.67. The second-order valence-corrected chi connectivity index (χ2v) is 5.02. The molecule has 0 heterocycles. The number of benzene rings is 1. The lowest BCUT2D eigenvalue weighted by Gasteiger charge is -2.14. The first-order chi connectivity index (χ1) is 9.10. The van der Waals surface area contributed by atoms with Crippen LogP contribution in [0.3, 0.4) is 0 Å². The fourth-order valence-corrected chi connectivity index (χ4v) is 2.34. The van der Waals surface area contributed by atoms with Gasteiger partial charge in [-0.1, -0.05) is 25.5 Å². The van der Waals surface area contributed by atoms with E-state index in [0.717, 1.165) is 24.9 Å². The van der Waals surface area contributed by atoms with Gasteiger partial charge in [-0.05, 0) is 41.7 Å². The van der Waals surface area contributed by atoms with E-state index in [1.165, 1.54) is 16.7 Å². The molecule has 19 heavy (non-hydrogen) atoms. The molecule has 1 aromatic rings. The van der Waals surface area contributed by atoms with Crippen molar-refractivity contribution in [2.24, 2.45) is 0 Å². The molecule has 1 aromatic carbocycles. The van der Waals surface area contributed by atoms with Crippen LogP contribution in [0.4, 0.5) is 10.5 Å². The number of rotatable bonds is 4. The molecule has 0 fully saturated rings. The number of urea groups is 1. The first-order valence-corrected chi connectivity index (χ1v) is 6.67. The summed E-state index contributed by atoms with van der Waals surface area (Å²) in [5.41, 5.74) is 7.53. The van der Waals surface area contributed by atoms with E-state index in [4.69, 9.17) is 0 Å². The summed E-state index contributed by atoms with van der Waals surface area (Å²) in [5, 5.41) is 4.46. The van der Waals surface area contributed by atoms with Crippen LogP contribution in [0.15, 0.2) is 24.3 Å². The van der Waals surface area contributed by atoms with Crippen molar-refractivity contribution in [3.05, 3.63) is 35.4 Å². The van der Waals surface area contributed by atoms with Gasteiger partial charge < -0.3 is 5.32 Å². The maximum atomic E-state index is 11.7. The van der Waals surface area contributed by atoms with Crippen molar-refractivity contribution >= 4 is 17.3 Å². The minimum Gasteiger partial charge on any atom is -0.307 e. The molecular weight excluding hydrogens is 238 g/mol. The number of nitrogens with one attached hydrogen (secondary N) is 2. The molecule has 4 nitrogen and oxygen atoms in total. The highest BCUT2D eigenvalue weighted by atomic mass is 16.2. The fourth-order valence-electron chi connectivity index (χ4n) is 2.34. The molecule has 0 unspecified atom stereocenters. The van der Waals surface area contributed by atoms with E-state index in [1.54, 1.807) is 19.1 Å². The number of allylic oxidation sites excluding steroid dienone is 2. The van der Waals surface area contributed by atoms with E-state index in [1.807, 2.05) is 6.07 Å². The molecule has 1 aliphatic rings. The van der Waals surface area contributed by atoms with E-state index in [9.17, 15) is 4.79 Å². The van der Waals surface area contributed by atoms with Gasteiger partial charge in [0.15, 0.2) is 0 Å². The van der Waals surface area contributed by atoms with Crippen LogP contribution >= 0.6 is 0 Å². The lowest BCUT2D eigenvalue weighted by molar-refractivity contribution is 0.224. The molecule has 1 aliphatic carbocycles. The van der Waals surface area contributed by atoms with Gasteiger partial charge >= 0.3 is 6.03 Å². The van der Waals surface area contributed by atoms with Crippen LogP contribution in [0.2, 0.25) is 0 Å². The Morgan fingerprint density at radius 3 is 2.84 bits per heavy atom. The van der Waals surface area contributed by atoms with E-state index in [-0.39, 0.29) is 6.03 Å². The number of fused-ring (bicyclic) bond motifs is 1. The maximum absolute atomic E-state index is 11.7. The summed E-state index contributed by atoms with van der Waals surface area (Å²) in [7, 11) is 3.56. The van der Waals surface area contributed by atoms with Crippen LogP contribution in [0, 0.1) is 0 Å². The van der Waals surface area contributed by atoms with Gasteiger partial charge in [-0.25, -0.2) is 9.80 Å². The van der Waals surface area contributed by atoms with E-state index in [0.29, 0.717) is 0 Å². The number of hydrogen-bond donors (Lipinski definition) is 2. The molecule has 0 bridgehead atoms. The van der Waals surface area contributed by atoms with Crippen molar-refractivity contribution in [2.45, 2.75) is 26.2 Å². The molecule has 0 atom stereocenters. The Hall–Kier alpha value is -1.81. The number of carbonyl (C=O) groups is 1. The number of hydrazine groups is 1. The highest BCUT2D eigenvalue weighted by Crippen LogP contribution is 2.32. The Labute approximate surface area is 114 Å². The summed E-state index contributed by atoms with van der Waals surface area (Å²) in [6, 6.07) is 5.90. The molecule has 0 spiro atoms. The van der Waals surface area contributed by atoms with Crippen LogP contribution < -0.4 is 10.7 Å². The second kappa shape index (κ2) is 5.89. The zero-order valence-electron chi connectivity index (χ0n) is 11.8. The van der Waals surface area contributed by atoms with Gasteiger partial charge in [0.05, 0.1) is 0 Å². The Bertz CT molecular complexity index is 506. The number of amides is 2. The minimum absolute atomic E-state index is 0.219. The summed E-state index contributed by atoms with van der Waals surface area (Å²) < 4.78 is 0. The highest BCUT2D eigenvalue weighted by molar-refractivity contribution is 5.90. The van der Waals surface area contributed by atoms with E-state index in [2.05, 4.69) is 35.9 Å². The molecule has 2 N–H and O–H groups in total. The zero-order valence-corrected chi connectivity index (χ0v) is 11.8. The number of carbonyl (C=O) groups excluding carboxylic acids is 1. The van der Waals surface area contributed by atoms with Crippen LogP contribution in [-0.4, -0.2) is 25.1 Å². The number of hydrogen-bond acceptors (Lipinski definition) is 2. The smallest absolute Gasteiger partial charge is 0.307 e. The third-order valence-corrected chi connectivity index (χ3v) is 3.13. The van der Waals surface area contributed by atoms with Gasteiger partial charge in [0.25, 0.3) is 0 Å². The van der Waals surface area contributed by atoms with Crippen LogP contribution in [0.25, 0.3) is 5.57 Å². The van der Waals surface area contributed by atoms with Crippen molar-refractivity contribution in [1.29, 1.82) is 0 Å². The van der Waals surface area contributed by atoms with Crippen molar-refractivity contribution < 1.29 is 4.79 Å². The molecule has 0 saturated heterocycles. The lowest BCUT2D eigenvalue weighted by Crippen LogP contribution is -2.39. The summed E-state index contributed by atoms with van der Waals surface area (Å²) >= 11 is 0. The SMILES string of the molecule is CCCC1=CCc2ccc(NC(=O)NN(C)C)cc21. The third kappa shape index (κ3) is 3.35. The molecule has 0 aliphatic heterocycles. The molecule has 4 heteroatoms. The fraction of sp³-hybridized carbons (Fsp3) is 0.400. The van der Waals surface area contributed by atoms with E-state index >= 15 is 0 Å². The molecule has 102 valence electrons. The number of nitrogens with zero attached hydrogens (tertiary/aromatic N) is 1. The summed E-state index contributed by atoms with van der Waals surface area (Å²) in [6.45, 7) is 2.19. The van der Waals surface area contributed by atoms with Crippen molar-refractivity contribution in [3.8, 4) is 0 Å². The van der Waals surface area contributed by atoms with Crippen molar-refractivity contribution in [1.82, 2.24) is 10.4 Å². The standard InChI is InChI=1S/C15H21N3O/c1-4-5-11-6-7-12-8-9-13(10-14(11)12)16-15(19)17-18(2)3/h6,8-10H,4-5,7H2,1-3H3,(H2,16,17,19). The van der Waals surface area contributed by atoms with Crippen LogP contribution in [-0.2, 0) is 6.42 Å². The predicted molar refractivity (Wildman–Crippen MR) is 78.9 cm³/mol. The summed E-state index contributed by atoms with van der Waals surface area (Å²) in [6.07, 6.45) is 5.54. The Morgan fingerprint density at radius 1 is 1.37 bits per heavy atom. The summed E-state index contributed by atoms with van der Waals surface area (Å²) in [4.78, 5) is 11.7. The quantitative estimate of drug-likeness (QED) is 0.816. The van der Waals surface area contributed by atoms with Gasteiger partial charge in [0.2, 0.25) is 0 Å². The van der Waals surface area contributed by atoms with Gasteiger partial charge in [0, 0.05) is 19.8 Å². The normalized spacial score (nSPS) is 13.2. The maximum Gasteiger partial charge on any atom is 0.333 e. The molecule has 0 saturated carbocycles. The largest absolute Gasteiger partial charge is 0.333 e. The van der Waals surface area contributed by atoms with Gasteiger partial charge in [-0.2, -0.15) is 0 Å². The van der Waals surface area contributed by atoms with Crippen molar-refractivity contribution in [2.75, 3.05) is 19.4 Å². The molecule has 2 amide bonds. The lowest BCUT2D eigenvalue weighted by atomic mass is 10.0. The topological polar surface area (TPSA) is 44.4 Å². The number of anilines is 1. The van der Waals surface area contributed by atoms with Gasteiger partial charge in [-0.15, -0.1) is 0 Å². The minimum atomic E-state index is -0.219. The molecule has 0 aromatic heterocycles. The Morgan fingerprint density at radius 2 is 2.16 bits per heavy atom. The average Bonchev–Trinajstić information content (AvgIpc) is 2.71. The highest BCUT2D eigenvalue weighted by Gasteiger charge is 2.14. The molecule has 2 rings (SSSR count). The predicted octanol–water partition coefficient (Wildman–Crippen LogP) is 3.02. The zero-order chi connectivity index (χ0) is 13.8. The van der Waals surface area contributed by atoms with Crippen LogP contribution in [0.1, 0.15) is 30.9 Å². The average molecular weight is 259 g/mol. The van der Waals surface area contributed by atoms with Gasteiger partial charge in [0.1, 0.15) is 0 Å². The first kappa shape index (κ1) is 13.6.